The number of alkyl halides is 2. The second kappa shape index (κ2) is 4.48. The maximum atomic E-state index is 12.6. The van der Waals surface area contributed by atoms with Crippen molar-refractivity contribution in [2.24, 2.45) is 0 Å². The fourth-order valence-electron chi connectivity index (χ4n) is 2.65. The van der Waals surface area contributed by atoms with E-state index < -0.39 is 0 Å². The van der Waals surface area contributed by atoms with Gasteiger partial charge < -0.3 is 0 Å². The molecule has 0 saturated heterocycles. The largest absolute Gasteiger partial charge is 0.289 e. The summed E-state index contributed by atoms with van der Waals surface area (Å²) < 4.78 is 5.72. The molecule has 0 bridgehead atoms. The van der Waals surface area contributed by atoms with Crippen LogP contribution < -0.4 is 0 Å². The van der Waals surface area contributed by atoms with Gasteiger partial charge in [-0.25, -0.2) is 0 Å². The number of carbonyl (C=O) groups is 1. The summed E-state index contributed by atoms with van der Waals surface area (Å²) in [5.74, 6) is 0.0885. The van der Waals surface area contributed by atoms with Crippen LogP contribution in [0.15, 0.2) is 36.4 Å². The van der Waals surface area contributed by atoms with E-state index in [0.717, 1.165) is 38.0 Å². The molecule has 0 amide bonds. The molecule has 2 aromatic carbocycles. The van der Waals surface area contributed by atoms with Crippen molar-refractivity contribution in [1.29, 1.82) is 0 Å². The van der Waals surface area contributed by atoms with Crippen molar-refractivity contribution in [2.75, 3.05) is 0 Å². The molecule has 0 spiro atoms. The Morgan fingerprint density at radius 3 is 2.50 bits per heavy atom. The Labute approximate surface area is 136 Å². The Kier molecular flexibility index (Phi) is 2.84. The van der Waals surface area contributed by atoms with Crippen molar-refractivity contribution >= 4 is 59.3 Å². The molecule has 2 nitrogen and oxygen atoms in total. The first-order valence-corrected chi connectivity index (χ1v) is 8.63. The van der Waals surface area contributed by atoms with E-state index in [9.17, 15) is 4.79 Å². The normalized spacial score (nSPS) is 13.1. The average Bonchev–Trinajstić information content (AvgIpc) is 2.89. The third kappa shape index (κ3) is 1.60. The lowest BCUT2D eigenvalue weighted by atomic mass is 9.87. The van der Waals surface area contributed by atoms with Gasteiger partial charge in [0, 0.05) is 22.1 Å². The van der Waals surface area contributed by atoms with E-state index in [1.807, 2.05) is 36.4 Å². The molecule has 0 fully saturated rings. The summed E-state index contributed by atoms with van der Waals surface area (Å²) in [6.07, 6.45) is 0. The number of halogens is 2. The van der Waals surface area contributed by atoms with E-state index >= 15 is 0 Å². The van der Waals surface area contributed by atoms with Gasteiger partial charge >= 0.3 is 0 Å². The SMILES string of the molecule is O=C1c2ccccc2-c2nsc3c(C(Br)Br)ccc1c23. The van der Waals surface area contributed by atoms with Gasteiger partial charge in [0.25, 0.3) is 0 Å². The fraction of sp³-hybridized carbons (Fsp3) is 0.0667. The molecule has 1 aliphatic rings. The molecule has 0 saturated carbocycles. The molecular formula is C15H7Br2NOS. The van der Waals surface area contributed by atoms with Crippen molar-refractivity contribution in [3.05, 3.63) is 53.1 Å². The number of benzene rings is 2. The zero-order chi connectivity index (χ0) is 13.9. The number of nitrogens with zero attached hydrogens (tertiary/aromatic N) is 1. The maximum Gasteiger partial charge on any atom is 0.194 e. The van der Waals surface area contributed by atoms with Crippen LogP contribution in [0.5, 0.6) is 0 Å². The first kappa shape index (κ1) is 12.7. The van der Waals surface area contributed by atoms with Crippen molar-refractivity contribution in [3.63, 3.8) is 0 Å². The Balaban J connectivity index is 2.17. The van der Waals surface area contributed by atoms with E-state index in [4.69, 9.17) is 0 Å². The molecule has 0 radical (unpaired) electrons. The standard InChI is InChI=1S/C15H7Br2NOS/c16-15(17)10-6-5-9-11-12(18-20-14(10)11)7-3-1-2-4-8(7)13(9)19/h1-6,15H. The number of ketones is 1. The van der Waals surface area contributed by atoms with Crippen molar-refractivity contribution < 1.29 is 4.79 Å². The van der Waals surface area contributed by atoms with Gasteiger partial charge in [-0.05, 0) is 23.2 Å². The average molecular weight is 409 g/mol. The lowest BCUT2D eigenvalue weighted by Gasteiger charge is -2.15. The van der Waals surface area contributed by atoms with Crippen molar-refractivity contribution in [2.45, 2.75) is 3.74 Å². The van der Waals surface area contributed by atoms with Crippen LogP contribution in [0, 0.1) is 0 Å². The Hall–Kier alpha value is -1.04. The monoisotopic (exact) mass is 407 g/mol. The number of fused-ring (bicyclic) bond motifs is 2. The van der Waals surface area contributed by atoms with Gasteiger partial charge in [-0.2, -0.15) is 4.37 Å². The molecular weight excluding hydrogens is 402 g/mol. The molecule has 0 aliphatic heterocycles. The molecule has 1 aliphatic carbocycles. The molecule has 4 rings (SSSR count). The minimum atomic E-state index is 0.0598. The zero-order valence-corrected chi connectivity index (χ0v) is 14.0. The van der Waals surface area contributed by atoms with Gasteiger partial charge in [0.2, 0.25) is 0 Å². The fourth-order valence-corrected chi connectivity index (χ4v) is 4.67. The summed E-state index contributed by atoms with van der Waals surface area (Å²) in [5, 5.41) is 0.986. The number of rotatable bonds is 1. The highest BCUT2D eigenvalue weighted by Crippen LogP contribution is 2.45. The number of aromatic nitrogens is 1. The molecule has 5 heteroatoms. The smallest absolute Gasteiger partial charge is 0.194 e. The zero-order valence-electron chi connectivity index (χ0n) is 10.1. The minimum absolute atomic E-state index is 0.0598. The van der Waals surface area contributed by atoms with Gasteiger partial charge in [-0.3, -0.25) is 4.79 Å². The predicted octanol–water partition coefficient (Wildman–Crippen LogP) is 5.30. The Morgan fingerprint density at radius 2 is 1.75 bits per heavy atom. The molecule has 0 unspecified atom stereocenters. The molecule has 0 N–H and O–H groups in total. The molecule has 1 aromatic heterocycles. The molecule has 3 aromatic rings. The Morgan fingerprint density at radius 1 is 1.00 bits per heavy atom. The van der Waals surface area contributed by atoms with Crippen LogP contribution >= 0.6 is 43.4 Å². The van der Waals surface area contributed by atoms with Gasteiger partial charge in [-0.1, -0.05) is 62.2 Å². The molecule has 0 atom stereocenters. The van der Waals surface area contributed by atoms with Gasteiger partial charge in [0.05, 0.1) is 14.1 Å². The van der Waals surface area contributed by atoms with Crippen LogP contribution in [0.2, 0.25) is 0 Å². The van der Waals surface area contributed by atoms with Crippen LogP contribution in [0.3, 0.4) is 0 Å². The number of hydrogen-bond acceptors (Lipinski definition) is 3. The van der Waals surface area contributed by atoms with Crippen LogP contribution in [0.25, 0.3) is 21.3 Å². The summed E-state index contributed by atoms with van der Waals surface area (Å²) in [6, 6.07) is 11.6. The first-order chi connectivity index (χ1) is 9.68. The lowest BCUT2D eigenvalue weighted by molar-refractivity contribution is 0.104. The van der Waals surface area contributed by atoms with E-state index in [0.29, 0.717) is 0 Å². The van der Waals surface area contributed by atoms with E-state index in [2.05, 4.69) is 36.2 Å². The van der Waals surface area contributed by atoms with Gasteiger partial charge in [-0.15, -0.1) is 0 Å². The third-order valence-electron chi connectivity index (χ3n) is 3.56. The highest BCUT2D eigenvalue weighted by molar-refractivity contribution is 9.24. The Bertz CT molecular complexity index is 869. The quantitative estimate of drug-likeness (QED) is 0.400. The minimum Gasteiger partial charge on any atom is -0.289 e. The van der Waals surface area contributed by atoms with Crippen molar-refractivity contribution in [3.8, 4) is 11.3 Å². The highest BCUT2D eigenvalue weighted by Gasteiger charge is 2.28. The highest BCUT2D eigenvalue weighted by atomic mass is 79.9. The van der Waals surface area contributed by atoms with Crippen LogP contribution in [0.4, 0.5) is 0 Å². The maximum absolute atomic E-state index is 12.6. The summed E-state index contributed by atoms with van der Waals surface area (Å²) in [7, 11) is 0. The van der Waals surface area contributed by atoms with E-state index in [-0.39, 0.29) is 9.52 Å². The number of carbonyl (C=O) groups excluding carboxylic acids is 1. The van der Waals surface area contributed by atoms with Crippen LogP contribution in [0.1, 0.15) is 25.2 Å². The number of hydrogen-bond donors (Lipinski definition) is 0. The molecule has 98 valence electrons. The van der Waals surface area contributed by atoms with Gasteiger partial charge in [0.15, 0.2) is 5.78 Å². The van der Waals surface area contributed by atoms with E-state index in [1.54, 1.807) is 0 Å². The van der Waals surface area contributed by atoms with Crippen LogP contribution in [-0.4, -0.2) is 10.2 Å². The summed E-state index contributed by atoms with van der Waals surface area (Å²) in [6.45, 7) is 0. The van der Waals surface area contributed by atoms with Crippen LogP contribution in [-0.2, 0) is 0 Å². The predicted molar refractivity (Wildman–Crippen MR) is 89.1 cm³/mol. The summed E-state index contributed by atoms with van der Waals surface area (Å²) in [4.78, 5) is 12.6. The summed E-state index contributed by atoms with van der Waals surface area (Å²) >= 11 is 8.52. The lowest BCUT2D eigenvalue weighted by Crippen LogP contribution is -2.09. The summed E-state index contributed by atoms with van der Waals surface area (Å²) in [5.41, 5.74) is 4.48. The first-order valence-electron chi connectivity index (χ1n) is 6.03. The molecule has 1 heterocycles. The second-order valence-electron chi connectivity index (χ2n) is 4.61. The van der Waals surface area contributed by atoms with Gasteiger partial charge in [0.1, 0.15) is 0 Å². The van der Waals surface area contributed by atoms with E-state index in [1.165, 1.54) is 11.5 Å². The second-order valence-corrected chi connectivity index (χ2v) is 8.45. The van der Waals surface area contributed by atoms with Crippen molar-refractivity contribution in [1.82, 2.24) is 4.37 Å². The molecule has 20 heavy (non-hydrogen) atoms. The third-order valence-corrected chi connectivity index (χ3v) is 5.44. The topological polar surface area (TPSA) is 30.0 Å².